The summed E-state index contributed by atoms with van der Waals surface area (Å²) in [5, 5.41) is 10.0. The van der Waals surface area contributed by atoms with E-state index in [1.54, 1.807) is 0 Å². The molecule has 2 rings (SSSR count). The Bertz CT molecular complexity index is 560. The van der Waals surface area contributed by atoms with Gasteiger partial charge in [-0.3, -0.25) is 4.79 Å². The van der Waals surface area contributed by atoms with Crippen molar-refractivity contribution in [3.63, 3.8) is 0 Å². The van der Waals surface area contributed by atoms with Gasteiger partial charge in [0, 0.05) is 0 Å². The minimum atomic E-state index is -0.150. The first kappa shape index (κ1) is 20.1. The molecule has 0 amide bonds. The zero-order valence-corrected chi connectivity index (χ0v) is 16.6. The van der Waals surface area contributed by atoms with Crippen molar-refractivity contribution in [2.75, 3.05) is 32.3 Å². The summed E-state index contributed by atoms with van der Waals surface area (Å²) in [5.74, 6) is 2.81. The molecule has 0 atom stereocenters. The van der Waals surface area contributed by atoms with Gasteiger partial charge in [-0.25, -0.2) is 0 Å². The molecule has 0 spiro atoms. The second-order valence-electron chi connectivity index (χ2n) is 5.79. The van der Waals surface area contributed by atoms with Gasteiger partial charge in [-0.2, -0.15) is 0 Å². The Hall–Kier alpha value is -1.21. The number of phenols is 1. The Balaban J connectivity index is 2.13. The molecule has 1 heterocycles. The number of methoxy groups -OCH3 is 2. The molecule has 25 heavy (non-hydrogen) atoms. The van der Waals surface area contributed by atoms with Crippen LogP contribution in [-0.2, 0) is 16.0 Å². The van der Waals surface area contributed by atoms with Crippen molar-refractivity contribution in [1.82, 2.24) is 0 Å². The number of hydrogen-bond acceptors (Lipinski definition) is 7. The lowest BCUT2D eigenvalue weighted by molar-refractivity contribution is -0.143. The highest BCUT2D eigenvalue weighted by Gasteiger charge is 2.36. The smallest absolute Gasteiger partial charge is 0.308 e. The van der Waals surface area contributed by atoms with E-state index in [2.05, 4.69) is 0 Å². The summed E-state index contributed by atoms with van der Waals surface area (Å²) in [7, 11) is 3.04. The van der Waals surface area contributed by atoms with E-state index in [0.29, 0.717) is 24.5 Å². The maximum atomic E-state index is 12.1. The third kappa shape index (κ3) is 5.38. The van der Waals surface area contributed by atoms with E-state index in [4.69, 9.17) is 14.2 Å². The van der Waals surface area contributed by atoms with Crippen LogP contribution in [0.5, 0.6) is 17.2 Å². The molecule has 5 nitrogen and oxygen atoms in total. The van der Waals surface area contributed by atoms with E-state index >= 15 is 0 Å². The summed E-state index contributed by atoms with van der Waals surface area (Å²) in [4.78, 5) is 12.1. The number of esters is 1. The summed E-state index contributed by atoms with van der Waals surface area (Å²) in [6, 6.07) is 3.65. The average molecular weight is 387 g/mol. The lowest BCUT2D eigenvalue weighted by Gasteiger charge is -2.35. The van der Waals surface area contributed by atoms with Crippen LogP contribution in [-0.4, -0.2) is 47.5 Å². The predicted molar refractivity (Wildman–Crippen MR) is 103 cm³/mol. The molecule has 1 aromatic rings. The van der Waals surface area contributed by atoms with Crippen LogP contribution in [0.3, 0.4) is 0 Å². The molecule has 140 valence electrons. The van der Waals surface area contributed by atoms with Crippen LogP contribution in [0.2, 0.25) is 0 Å². The van der Waals surface area contributed by atoms with Gasteiger partial charge in [0.1, 0.15) is 0 Å². The number of rotatable bonds is 8. The van der Waals surface area contributed by atoms with Crippen LogP contribution < -0.4 is 9.47 Å². The van der Waals surface area contributed by atoms with Gasteiger partial charge in [0.2, 0.25) is 5.75 Å². The van der Waals surface area contributed by atoms with Crippen LogP contribution in [0, 0.1) is 0 Å². The summed E-state index contributed by atoms with van der Waals surface area (Å²) in [6.45, 7) is 2.25. The van der Waals surface area contributed by atoms with Crippen molar-refractivity contribution in [3.8, 4) is 17.2 Å². The number of carbonyl (C=O) groups is 1. The topological polar surface area (TPSA) is 65.0 Å². The first-order chi connectivity index (χ1) is 12.0. The summed E-state index contributed by atoms with van der Waals surface area (Å²) >= 11 is 3.71. The molecule has 1 saturated heterocycles. The van der Waals surface area contributed by atoms with Crippen LogP contribution in [0.1, 0.15) is 31.7 Å². The van der Waals surface area contributed by atoms with E-state index in [1.807, 2.05) is 42.6 Å². The third-order valence-corrected chi connectivity index (χ3v) is 7.51. The van der Waals surface area contributed by atoms with Gasteiger partial charge in [0.05, 0.1) is 31.3 Å². The van der Waals surface area contributed by atoms with Crippen molar-refractivity contribution in [2.45, 2.75) is 36.7 Å². The normalized spacial score (nSPS) is 16.3. The lowest BCUT2D eigenvalue weighted by atomic mass is 10.0. The summed E-state index contributed by atoms with van der Waals surface area (Å²) in [6.07, 6.45) is 3.20. The number of ether oxygens (including phenoxy) is 3. The maximum Gasteiger partial charge on any atom is 0.308 e. The van der Waals surface area contributed by atoms with Gasteiger partial charge < -0.3 is 19.3 Å². The molecule has 1 N–H and O–H groups in total. The van der Waals surface area contributed by atoms with E-state index < -0.39 is 0 Å². The summed E-state index contributed by atoms with van der Waals surface area (Å²) in [5.41, 5.74) is 1.02. The zero-order chi connectivity index (χ0) is 18.3. The minimum Gasteiger partial charge on any atom is -0.502 e. The molecule has 1 aromatic carbocycles. The van der Waals surface area contributed by atoms with Gasteiger partial charge in [0.15, 0.2) is 11.5 Å². The minimum absolute atomic E-state index is 0.0106. The lowest BCUT2D eigenvalue weighted by Crippen LogP contribution is -2.30. The second kappa shape index (κ2) is 9.48. The summed E-state index contributed by atoms with van der Waals surface area (Å²) < 4.78 is 15.5. The standard InChI is InChI=1S/C18H26O5S2/c1-4-23-16(19)12-18(24-8-5-9-25-18)7-6-13-10-14(21-2)17(20)15(11-13)22-3/h10-11,20H,4-9,12H2,1-3H3. The maximum absolute atomic E-state index is 12.1. The Labute approximate surface area is 157 Å². The molecule has 0 unspecified atom stereocenters. The Kier molecular flexibility index (Phi) is 7.62. The van der Waals surface area contributed by atoms with Gasteiger partial charge in [0.25, 0.3) is 0 Å². The monoisotopic (exact) mass is 386 g/mol. The highest BCUT2D eigenvalue weighted by Crippen LogP contribution is 2.48. The van der Waals surface area contributed by atoms with Gasteiger partial charge in [-0.1, -0.05) is 0 Å². The number of hydrogen-bond donors (Lipinski definition) is 1. The molecular weight excluding hydrogens is 360 g/mol. The molecule has 0 saturated carbocycles. The number of benzene rings is 1. The molecule has 7 heteroatoms. The fraction of sp³-hybridized carbons (Fsp3) is 0.611. The molecule has 0 radical (unpaired) electrons. The van der Waals surface area contributed by atoms with Crippen molar-refractivity contribution in [1.29, 1.82) is 0 Å². The Morgan fingerprint density at radius 2 is 1.80 bits per heavy atom. The fourth-order valence-corrected chi connectivity index (χ4v) is 6.08. The first-order valence-corrected chi connectivity index (χ1v) is 10.4. The molecule has 1 aliphatic heterocycles. The molecule has 1 fully saturated rings. The Morgan fingerprint density at radius 1 is 1.20 bits per heavy atom. The molecule has 0 aromatic heterocycles. The van der Waals surface area contributed by atoms with E-state index in [1.165, 1.54) is 20.6 Å². The highest BCUT2D eigenvalue weighted by molar-refractivity contribution is 8.18. The van der Waals surface area contributed by atoms with E-state index in [0.717, 1.165) is 29.9 Å². The second-order valence-corrected chi connectivity index (χ2v) is 9.01. The molecule has 1 aliphatic rings. The van der Waals surface area contributed by atoms with Crippen molar-refractivity contribution < 1.29 is 24.1 Å². The number of phenolic OH excluding ortho intramolecular Hbond substituents is 1. The quantitative estimate of drug-likeness (QED) is 0.681. The van der Waals surface area contributed by atoms with Crippen LogP contribution in [0.4, 0.5) is 0 Å². The van der Waals surface area contributed by atoms with Crippen molar-refractivity contribution in [2.24, 2.45) is 0 Å². The zero-order valence-electron chi connectivity index (χ0n) is 15.0. The predicted octanol–water partition coefficient (Wildman–Crippen LogP) is 3.86. The van der Waals surface area contributed by atoms with Crippen LogP contribution >= 0.6 is 23.5 Å². The number of aryl methyl sites for hydroxylation is 1. The highest BCUT2D eigenvalue weighted by atomic mass is 32.2. The van der Waals surface area contributed by atoms with Gasteiger partial charge >= 0.3 is 5.97 Å². The molecule has 0 aliphatic carbocycles. The SMILES string of the molecule is CCOC(=O)CC1(CCc2cc(OC)c(O)c(OC)c2)SCCCS1. The van der Waals surface area contributed by atoms with Crippen molar-refractivity contribution >= 4 is 29.5 Å². The number of aromatic hydroxyl groups is 1. The Morgan fingerprint density at radius 3 is 2.32 bits per heavy atom. The van der Waals surface area contributed by atoms with Crippen LogP contribution in [0.15, 0.2) is 12.1 Å². The van der Waals surface area contributed by atoms with E-state index in [9.17, 15) is 9.90 Å². The molecule has 0 bridgehead atoms. The van der Waals surface area contributed by atoms with Crippen LogP contribution in [0.25, 0.3) is 0 Å². The molecular formula is C18H26O5S2. The fourth-order valence-electron chi connectivity index (χ4n) is 2.81. The third-order valence-electron chi connectivity index (χ3n) is 4.07. The first-order valence-electron chi connectivity index (χ1n) is 8.41. The number of carbonyl (C=O) groups excluding carboxylic acids is 1. The average Bonchev–Trinajstić information content (AvgIpc) is 2.61. The van der Waals surface area contributed by atoms with Gasteiger partial charge in [-0.05, 0) is 55.4 Å². The van der Waals surface area contributed by atoms with Crippen molar-refractivity contribution in [3.05, 3.63) is 17.7 Å². The van der Waals surface area contributed by atoms with Gasteiger partial charge in [-0.15, -0.1) is 23.5 Å². The number of thioether (sulfide) groups is 2. The largest absolute Gasteiger partial charge is 0.502 e. The van der Waals surface area contributed by atoms with E-state index in [-0.39, 0.29) is 15.8 Å².